The Hall–Kier alpha value is -1.85. The lowest BCUT2D eigenvalue weighted by Crippen LogP contribution is -2.54. The van der Waals surface area contributed by atoms with Crippen LogP contribution in [-0.4, -0.2) is 36.5 Å². The van der Waals surface area contributed by atoms with Gasteiger partial charge in [-0.15, -0.1) is 0 Å². The van der Waals surface area contributed by atoms with E-state index in [1.165, 1.54) is 26.7 Å². The van der Waals surface area contributed by atoms with Gasteiger partial charge in [0.25, 0.3) is 0 Å². The number of carbonyl (C=O) groups is 3. The summed E-state index contributed by atoms with van der Waals surface area (Å²) in [5.41, 5.74) is 1.06. The number of fused-ring (bicyclic) bond motifs is 5. The van der Waals surface area contributed by atoms with Crippen molar-refractivity contribution in [3.63, 3.8) is 0 Å². The summed E-state index contributed by atoms with van der Waals surface area (Å²) in [6, 6.07) is 0. The van der Waals surface area contributed by atoms with Gasteiger partial charge in [-0.1, -0.05) is 27.7 Å². The highest BCUT2D eigenvalue weighted by Crippen LogP contribution is 2.68. The van der Waals surface area contributed by atoms with Crippen LogP contribution in [-0.2, 0) is 28.6 Å². The van der Waals surface area contributed by atoms with Crippen molar-refractivity contribution in [2.24, 2.45) is 52.3 Å². The van der Waals surface area contributed by atoms with Crippen molar-refractivity contribution in [2.45, 2.75) is 118 Å². The van der Waals surface area contributed by atoms with E-state index in [0.717, 1.165) is 56.3 Å². The molecule has 5 aliphatic rings. The maximum atomic E-state index is 14.0. The van der Waals surface area contributed by atoms with Gasteiger partial charge in [0.05, 0.1) is 12.4 Å². The third-order valence-electron chi connectivity index (χ3n) is 12.2. The number of hydrogen-bond acceptors (Lipinski definition) is 6. The van der Waals surface area contributed by atoms with Crippen LogP contribution >= 0.6 is 0 Å². The van der Waals surface area contributed by atoms with E-state index in [2.05, 4.69) is 27.7 Å². The van der Waals surface area contributed by atoms with Crippen LogP contribution in [0.25, 0.3) is 0 Å². The number of rotatable bonds is 5. The minimum absolute atomic E-state index is 0.0163. The molecule has 39 heavy (non-hydrogen) atoms. The molecular weight excluding hydrogens is 492 g/mol. The average Bonchev–Trinajstić information content (AvgIpc) is 3.15. The summed E-state index contributed by atoms with van der Waals surface area (Å²) in [5.74, 6) is 2.93. The number of ether oxygens (including phenoxy) is 3. The highest BCUT2D eigenvalue weighted by atomic mass is 16.5. The van der Waals surface area contributed by atoms with Gasteiger partial charge in [-0.25, -0.2) is 0 Å². The first kappa shape index (κ1) is 28.7. The second-order valence-corrected chi connectivity index (χ2v) is 14.4. The van der Waals surface area contributed by atoms with Gasteiger partial charge in [-0.2, -0.15) is 0 Å². The highest BCUT2D eigenvalue weighted by molar-refractivity contribution is 5.97. The molecule has 0 saturated heterocycles. The topological polar surface area (TPSA) is 78.9 Å². The van der Waals surface area contributed by atoms with E-state index in [-0.39, 0.29) is 52.6 Å². The zero-order valence-electron chi connectivity index (χ0n) is 25.2. The van der Waals surface area contributed by atoms with E-state index in [1.807, 2.05) is 6.92 Å². The first-order valence-corrected chi connectivity index (χ1v) is 15.6. The van der Waals surface area contributed by atoms with Gasteiger partial charge < -0.3 is 14.2 Å². The lowest BCUT2D eigenvalue weighted by Gasteiger charge is -2.61. The van der Waals surface area contributed by atoms with Gasteiger partial charge >= 0.3 is 11.9 Å². The first-order chi connectivity index (χ1) is 18.3. The van der Waals surface area contributed by atoms with Crippen LogP contribution in [0.4, 0.5) is 0 Å². The van der Waals surface area contributed by atoms with Crippen LogP contribution in [0.1, 0.15) is 106 Å². The summed E-state index contributed by atoms with van der Waals surface area (Å²) in [7, 11) is 0. The molecule has 218 valence electrons. The Morgan fingerprint density at radius 3 is 2.31 bits per heavy atom. The smallest absolute Gasteiger partial charge is 0.302 e. The number of allylic oxidation sites excluding steroid dienone is 2. The van der Waals surface area contributed by atoms with E-state index in [1.54, 1.807) is 0 Å². The molecule has 0 aromatic rings. The Labute approximate surface area is 235 Å². The maximum Gasteiger partial charge on any atom is 0.302 e. The van der Waals surface area contributed by atoms with Crippen molar-refractivity contribution < 1.29 is 28.6 Å². The van der Waals surface area contributed by atoms with E-state index < -0.39 is 0 Å². The van der Waals surface area contributed by atoms with Gasteiger partial charge in [0, 0.05) is 31.3 Å². The Bertz CT molecular complexity index is 1030. The predicted molar refractivity (Wildman–Crippen MR) is 148 cm³/mol. The van der Waals surface area contributed by atoms with Gasteiger partial charge in [0.2, 0.25) is 0 Å². The Kier molecular flexibility index (Phi) is 7.74. The number of ketones is 1. The molecule has 4 fully saturated rings. The molecule has 11 atom stereocenters. The van der Waals surface area contributed by atoms with Crippen LogP contribution in [0.5, 0.6) is 0 Å². The highest BCUT2D eigenvalue weighted by Gasteiger charge is 2.64. The van der Waals surface area contributed by atoms with Crippen LogP contribution in [0.15, 0.2) is 11.3 Å². The fraction of sp³-hybridized carbons (Fsp3) is 0.848. The fourth-order valence-corrected chi connectivity index (χ4v) is 10.4. The number of carbonyl (C=O) groups excluding carboxylic acids is 3. The van der Waals surface area contributed by atoms with Crippen molar-refractivity contribution in [3.8, 4) is 0 Å². The summed E-state index contributed by atoms with van der Waals surface area (Å²) in [4.78, 5) is 37.9. The Morgan fingerprint density at radius 2 is 1.62 bits per heavy atom. The van der Waals surface area contributed by atoms with Gasteiger partial charge in [-0.3, -0.25) is 14.4 Å². The fourth-order valence-electron chi connectivity index (χ4n) is 10.4. The number of Topliss-reactive ketones (excluding diaryl/α,β-unsaturated/α-hetero) is 1. The summed E-state index contributed by atoms with van der Waals surface area (Å²) < 4.78 is 17.6. The normalized spacial score (nSPS) is 44.3. The van der Waals surface area contributed by atoms with Gasteiger partial charge in [0.1, 0.15) is 12.2 Å². The molecule has 0 aromatic heterocycles. The molecule has 1 heterocycles. The van der Waals surface area contributed by atoms with Crippen molar-refractivity contribution in [3.05, 3.63) is 11.3 Å². The summed E-state index contributed by atoms with van der Waals surface area (Å²) >= 11 is 0. The molecule has 0 unspecified atom stereocenters. The molecule has 0 amide bonds. The molecule has 0 spiro atoms. The van der Waals surface area contributed by atoms with Crippen LogP contribution < -0.4 is 0 Å². The molecule has 0 bridgehead atoms. The Morgan fingerprint density at radius 1 is 0.923 bits per heavy atom. The molecule has 4 aliphatic carbocycles. The molecule has 1 aliphatic heterocycles. The monoisotopic (exact) mass is 542 g/mol. The molecule has 4 saturated carbocycles. The van der Waals surface area contributed by atoms with E-state index in [4.69, 9.17) is 14.2 Å². The van der Waals surface area contributed by atoms with Gasteiger partial charge in [-0.05, 0) is 105 Å². The summed E-state index contributed by atoms with van der Waals surface area (Å²) in [6.45, 7) is 14.7. The minimum Gasteiger partial charge on any atom is -0.498 e. The summed E-state index contributed by atoms with van der Waals surface area (Å²) in [5, 5.41) is 0. The summed E-state index contributed by atoms with van der Waals surface area (Å²) in [6.07, 6.45) is 9.09. The second-order valence-electron chi connectivity index (χ2n) is 14.4. The van der Waals surface area contributed by atoms with E-state index in [9.17, 15) is 14.4 Å². The molecule has 6 nitrogen and oxygen atoms in total. The molecule has 0 radical (unpaired) electrons. The third-order valence-corrected chi connectivity index (χ3v) is 12.2. The zero-order chi connectivity index (χ0) is 28.3. The van der Waals surface area contributed by atoms with Crippen molar-refractivity contribution in [1.29, 1.82) is 0 Å². The molecular formula is C33H50O6. The van der Waals surface area contributed by atoms with Crippen LogP contribution in [0.3, 0.4) is 0 Å². The largest absolute Gasteiger partial charge is 0.498 e. The van der Waals surface area contributed by atoms with Crippen molar-refractivity contribution >= 4 is 17.7 Å². The van der Waals surface area contributed by atoms with Crippen LogP contribution in [0, 0.1) is 52.3 Å². The molecule has 5 rings (SSSR count). The van der Waals surface area contributed by atoms with Crippen LogP contribution in [0.2, 0.25) is 0 Å². The number of esters is 2. The zero-order valence-corrected chi connectivity index (χ0v) is 25.2. The Balaban J connectivity index is 1.41. The van der Waals surface area contributed by atoms with Gasteiger partial charge in [0.15, 0.2) is 5.78 Å². The standard InChI is InChI=1S/C33H50O6/c1-18-14-26(20(3)37-17-18)31(36)19(2)30-29(39-22(5)35)16-28-25-9-8-23-15-24(38-21(4)34)10-12-32(23,6)27(25)11-13-33(28,30)7/h18-19,23-25,27-30H,8-17H2,1-7H3/t18-,19+,23+,24+,25-,27+,28+,29+,30+,32+,33+/m1/s1. The molecule has 0 N–H and O–H groups in total. The minimum atomic E-state index is -0.243. The lowest BCUT2D eigenvalue weighted by molar-refractivity contribution is -0.161. The first-order valence-electron chi connectivity index (χ1n) is 15.6. The number of hydrogen-bond donors (Lipinski definition) is 0. The van der Waals surface area contributed by atoms with Crippen molar-refractivity contribution in [2.75, 3.05) is 6.61 Å². The molecule has 6 heteroatoms. The quantitative estimate of drug-likeness (QED) is 0.362. The van der Waals surface area contributed by atoms with Crippen molar-refractivity contribution in [1.82, 2.24) is 0 Å². The lowest BCUT2D eigenvalue weighted by atomic mass is 9.44. The SMILES string of the molecule is CC(=O)O[C@H]1CC[C@@]2(C)[C@@H](CC[C@@H]3[C@@H]2CC[C@]2(C)[C@@H]([C@H](C)C(=O)C4=C(C)OC[C@H](C)C4)[C@@H](OC(C)=O)C[C@@H]32)C1. The van der Waals surface area contributed by atoms with E-state index in [0.29, 0.717) is 36.2 Å². The molecule has 0 aromatic carbocycles. The van der Waals surface area contributed by atoms with E-state index >= 15 is 0 Å². The third kappa shape index (κ3) is 4.96. The second kappa shape index (κ2) is 10.5. The average molecular weight is 543 g/mol. The predicted octanol–water partition coefficient (Wildman–Crippen LogP) is 6.65. The maximum absolute atomic E-state index is 14.0.